The monoisotopic (exact) mass is 312 g/mol. The first-order valence-corrected chi connectivity index (χ1v) is 7.53. The van der Waals surface area contributed by atoms with E-state index in [0.717, 1.165) is 30.0 Å². The first-order valence-electron chi connectivity index (χ1n) is 7.15. The number of halogens is 1. The summed E-state index contributed by atoms with van der Waals surface area (Å²) in [4.78, 5) is 8.57. The van der Waals surface area contributed by atoms with Gasteiger partial charge < -0.3 is 9.15 Å². The van der Waals surface area contributed by atoms with Crippen molar-refractivity contribution >= 4 is 11.6 Å². The third-order valence-electron chi connectivity index (χ3n) is 3.50. The van der Waals surface area contributed by atoms with Crippen LogP contribution >= 0.6 is 11.6 Å². The zero-order valence-corrected chi connectivity index (χ0v) is 12.5. The average Bonchev–Trinajstić information content (AvgIpc) is 3.30. The van der Waals surface area contributed by atoms with Gasteiger partial charge in [-0.05, 0) is 18.9 Å². The molecule has 110 valence electrons. The van der Waals surface area contributed by atoms with Gasteiger partial charge in [0.2, 0.25) is 5.89 Å². The Labute approximate surface area is 132 Å². The van der Waals surface area contributed by atoms with Crippen molar-refractivity contribution in [2.24, 2.45) is 0 Å². The molecule has 0 aliphatic heterocycles. The van der Waals surface area contributed by atoms with E-state index in [4.69, 9.17) is 20.8 Å². The van der Waals surface area contributed by atoms with Crippen LogP contribution in [0.15, 0.2) is 53.1 Å². The fourth-order valence-electron chi connectivity index (χ4n) is 2.23. The van der Waals surface area contributed by atoms with Gasteiger partial charge >= 0.3 is 5.95 Å². The largest absolute Gasteiger partial charge is 0.424 e. The number of oxazole rings is 1. The van der Waals surface area contributed by atoms with Gasteiger partial charge in [-0.25, -0.2) is 9.97 Å². The molecule has 1 aliphatic carbocycles. The second kappa shape index (κ2) is 5.46. The molecule has 4 nitrogen and oxygen atoms in total. The highest BCUT2D eigenvalue weighted by Gasteiger charge is 2.31. The van der Waals surface area contributed by atoms with Crippen LogP contribution in [-0.2, 0) is 0 Å². The molecular formula is C17H13ClN2O2. The Hall–Kier alpha value is -2.33. The van der Waals surface area contributed by atoms with Gasteiger partial charge in [-0.2, -0.15) is 0 Å². The van der Waals surface area contributed by atoms with Crippen molar-refractivity contribution in [1.82, 2.24) is 9.97 Å². The highest BCUT2D eigenvalue weighted by molar-refractivity contribution is 6.29. The van der Waals surface area contributed by atoms with Crippen LogP contribution in [0.2, 0.25) is 5.15 Å². The lowest BCUT2D eigenvalue weighted by molar-refractivity contribution is 0.331. The van der Waals surface area contributed by atoms with Crippen molar-refractivity contribution < 1.29 is 9.15 Å². The molecule has 1 aliphatic rings. The van der Waals surface area contributed by atoms with Crippen LogP contribution in [0.1, 0.15) is 24.7 Å². The Kier molecular flexibility index (Phi) is 3.31. The Morgan fingerprint density at radius 3 is 2.68 bits per heavy atom. The van der Waals surface area contributed by atoms with E-state index in [1.54, 1.807) is 18.3 Å². The SMILES string of the molecule is Clc1cc(Oc2oc(C3CC3)nc2-c2ccccc2)ccn1. The summed E-state index contributed by atoms with van der Waals surface area (Å²) in [6.45, 7) is 0. The molecule has 3 aromatic rings. The molecule has 0 spiro atoms. The van der Waals surface area contributed by atoms with Crippen LogP contribution in [0.5, 0.6) is 11.7 Å². The highest BCUT2D eigenvalue weighted by Crippen LogP contribution is 2.44. The Morgan fingerprint density at radius 1 is 1.14 bits per heavy atom. The van der Waals surface area contributed by atoms with Gasteiger partial charge in [0.25, 0.3) is 0 Å². The van der Waals surface area contributed by atoms with Crippen molar-refractivity contribution in [2.45, 2.75) is 18.8 Å². The quantitative estimate of drug-likeness (QED) is 0.632. The van der Waals surface area contributed by atoms with Gasteiger partial charge in [0.1, 0.15) is 10.9 Å². The van der Waals surface area contributed by atoms with E-state index in [2.05, 4.69) is 9.97 Å². The van der Waals surface area contributed by atoms with Crippen LogP contribution in [-0.4, -0.2) is 9.97 Å². The third-order valence-corrected chi connectivity index (χ3v) is 3.70. The van der Waals surface area contributed by atoms with Gasteiger partial charge in [-0.3, -0.25) is 0 Å². The second-order valence-corrected chi connectivity index (χ2v) is 5.63. The van der Waals surface area contributed by atoms with Crippen LogP contribution in [0.25, 0.3) is 11.3 Å². The predicted octanol–water partition coefficient (Wildman–Crippen LogP) is 5.06. The third kappa shape index (κ3) is 2.70. The van der Waals surface area contributed by atoms with Gasteiger partial charge in [-0.1, -0.05) is 41.9 Å². The Balaban J connectivity index is 1.74. The molecule has 0 saturated heterocycles. The normalized spacial score (nSPS) is 14.0. The Morgan fingerprint density at radius 2 is 1.95 bits per heavy atom. The van der Waals surface area contributed by atoms with E-state index >= 15 is 0 Å². The summed E-state index contributed by atoms with van der Waals surface area (Å²) in [5.74, 6) is 2.14. The lowest BCUT2D eigenvalue weighted by Gasteiger charge is -2.04. The minimum Gasteiger partial charge on any atom is -0.424 e. The number of nitrogens with zero attached hydrogens (tertiary/aromatic N) is 2. The number of aromatic nitrogens is 2. The summed E-state index contributed by atoms with van der Waals surface area (Å²) in [5, 5.41) is 0.376. The molecule has 1 aromatic carbocycles. The topological polar surface area (TPSA) is 48.2 Å². The number of rotatable bonds is 4. The minimum atomic E-state index is 0.376. The van der Waals surface area contributed by atoms with E-state index in [9.17, 15) is 0 Å². The molecule has 22 heavy (non-hydrogen) atoms. The van der Waals surface area contributed by atoms with E-state index in [1.165, 1.54) is 0 Å². The van der Waals surface area contributed by atoms with E-state index in [0.29, 0.717) is 22.8 Å². The Bertz CT molecular complexity index is 797. The molecule has 0 unspecified atom stereocenters. The molecule has 1 fully saturated rings. The first kappa shape index (κ1) is 13.3. The van der Waals surface area contributed by atoms with E-state index in [-0.39, 0.29) is 0 Å². The molecule has 4 rings (SSSR count). The number of hydrogen-bond donors (Lipinski definition) is 0. The number of ether oxygens (including phenoxy) is 1. The van der Waals surface area contributed by atoms with Crippen LogP contribution in [0, 0.1) is 0 Å². The molecular weight excluding hydrogens is 300 g/mol. The summed E-state index contributed by atoms with van der Waals surface area (Å²) in [6.07, 6.45) is 3.84. The van der Waals surface area contributed by atoms with Crippen molar-refractivity contribution in [3.63, 3.8) is 0 Å². The highest BCUT2D eigenvalue weighted by atomic mass is 35.5. The lowest BCUT2D eigenvalue weighted by Crippen LogP contribution is -1.86. The van der Waals surface area contributed by atoms with E-state index in [1.807, 2.05) is 30.3 Å². The average molecular weight is 313 g/mol. The van der Waals surface area contributed by atoms with Crippen molar-refractivity contribution in [2.75, 3.05) is 0 Å². The summed E-state index contributed by atoms with van der Waals surface area (Å²) in [6, 6.07) is 13.3. The van der Waals surface area contributed by atoms with E-state index < -0.39 is 0 Å². The first-order chi connectivity index (χ1) is 10.8. The van der Waals surface area contributed by atoms with Crippen molar-refractivity contribution in [3.05, 3.63) is 59.7 Å². The molecule has 0 N–H and O–H groups in total. The standard InChI is InChI=1S/C17H13ClN2O2/c18-14-10-13(8-9-19-14)21-17-15(11-4-2-1-3-5-11)20-16(22-17)12-6-7-12/h1-5,8-10,12H,6-7H2. The van der Waals surface area contributed by atoms with Crippen LogP contribution in [0.3, 0.4) is 0 Å². The predicted molar refractivity (Wildman–Crippen MR) is 83.2 cm³/mol. The zero-order valence-electron chi connectivity index (χ0n) is 11.7. The summed E-state index contributed by atoms with van der Waals surface area (Å²) in [7, 11) is 0. The fraction of sp³-hybridized carbons (Fsp3) is 0.176. The number of benzene rings is 1. The maximum absolute atomic E-state index is 5.90. The number of pyridine rings is 1. The van der Waals surface area contributed by atoms with Crippen LogP contribution < -0.4 is 4.74 Å². The maximum Gasteiger partial charge on any atom is 0.319 e. The summed E-state index contributed by atoms with van der Waals surface area (Å²) in [5.41, 5.74) is 1.68. The fourth-order valence-corrected chi connectivity index (χ4v) is 2.39. The molecule has 5 heteroatoms. The molecule has 2 heterocycles. The molecule has 1 saturated carbocycles. The molecule has 2 aromatic heterocycles. The summed E-state index contributed by atoms with van der Waals surface area (Å²) >= 11 is 5.90. The van der Waals surface area contributed by atoms with Crippen molar-refractivity contribution in [1.29, 1.82) is 0 Å². The lowest BCUT2D eigenvalue weighted by atomic mass is 10.2. The van der Waals surface area contributed by atoms with Gasteiger partial charge in [0.15, 0.2) is 5.69 Å². The van der Waals surface area contributed by atoms with Gasteiger partial charge in [0, 0.05) is 23.7 Å². The molecule has 0 amide bonds. The van der Waals surface area contributed by atoms with Gasteiger partial charge in [-0.15, -0.1) is 0 Å². The minimum absolute atomic E-state index is 0.376. The number of hydrogen-bond acceptors (Lipinski definition) is 4. The van der Waals surface area contributed by atoms with Gasteiger partial charge in [0.05, 0.1) is 0 Å². The molecule has 0 bridgehead atoms. The molecule has 0 radical (unpaired) electrons. The van der Waals surface area contributed by atoms with Crippen molar-refractivity contribution in [3.8, 4) is 23.0 Å². The van der Waals surface area contributed by atoms with Crippen LogP contribution in [0.4, 0.5) is 0 Å². The second-order valence-electron chi connectivity index (χ2n) is 5.24. The molecule has 0 atom stereocenters. The smallest absolute Gasteiger partial charge is 0.319 e. The zero-order chi connectivity index (χ0) is 14.9. The maximum atomic E-state index is 5.90. The summed E-state index contributed by atoms with van der Waals surface area (Å²) < 4.78 is 11.7.